The first-order valence-electron chi connectivity index (χ1n) is 9.28. The van der Waals surface area contributed by atoms with Gasteiger partial charge in [-0.15, -0.1) is 0 Å². The second kappa shape index (κ2) is 7.75. The fourth-order valence-corrected chi connectivity index (χ4v) is 3.94. The summed E-state index contributed by atoms with van der Waals surface area (Å²) < 4.78 is 10.9. The lowest BCUT2D eigenvalue weighted by Crippen LogP contribution is -2.38. The summed E-state index contributed by atoms with van der Waals surface area (Å²) in [6, 6.07) is 8.61. The normalized spacial score (nSPS) is 25.0. The molecule has 1 N–H and O–H groups in total. The van der Waals surface area contributed by atoms with Crippen LogP contribution in [0.15, 0.2) is 24.3 Å². The molecule has 2 aliphatic heterocycles. The highest BCUT2D eigenvalue weighted by atomic mass is 16.5. The van der Waals surface area contributed by atoms with Gasteiger partial charge in [-0.05, 0) is 30.4 Å². The van der Waals surface area contributed by atoms with E-state index in [0.717, 1.165) is 19.5 Å². The van der Waals surface area contributed by atoms with Gasteiger partial charge in [0, 0.05) is 37.8 Å². The Kier molecular flexibility index (Phi) is 5.64. The summed E-state index contributed by atoms with van der Waals surface area (Å²) in [6.45, 7) is 8.19. The summed E-state index contributed by atoms with van der Waals surface area (Å²) in [7, 11) is 1.63. The van der Waals surface area contributed by atoms with Gasteiger partial charge in [0.1, 0.15) is 6.10 Å². The maximum absolute atomic E-state index is 12.4. The standard InChI is InChI=1S/C20H30N2O3/c1-15(2)8-10-22-13-20(16-6-4-5-7-17(16)22)12-18(25-14-20)19(23)21-9-11-24-3/h4-7,15,18H,8-14H2,1-3H3,(H,21,23)/t18-,20+/m0/s1. The molecule has 25 heavy (non-hydrogen) atoms. The Morgan fingerprint density at radius 1 is 1.44 bits per heavy atom. The second-order valence-corrected chi connectivity index (χ2v) is 7.69. The van der Waals surface area contributed by atoms with Gasteiger partial charge < -0.3 is 19.7 Å². The second-order valence-electron chi connectivity index (χ2n) is 7.69. The number of nitrogens with one attached hydrogen (secondary N) is 1. The number of nitrogens with zero attached hydrogens (tertiary/aromatic N) is 1. The van der Waals surface area contributed by atoms with Crippen molar-refractivity contribution in [1.82, 2.24) is 5.32 Å². The van der Waals surface area contributed by atoms with Crippen molar-refractivity contribution in [1.29, 1.82) is 0 Å². The Hall–Kier alpha value is -1.59. The van der Waals surface area contributed by atoms with Crippen molar-refractivity contribution in [3.63, 3.8) is 0 Å². The van der Waals surface area contributed by atoms with Crippen molar-refractivity contribution >= 4 is 11.6 Å². The molecule has 1 amide bonds. The molecule has 0 bridgehead atoms. The van der Waals surface area contributed by atoms with Crippen LogP contribution in [0, 0.1) is 5.92 Å². The molecule has 0 aliphatic carbocycles. The molecule has 5 heteroatoms. The minimum absolute atomic E-state index is 0.0213. The van der Waals surface area contributed by atoms with Crippen molar-refractivity contribution in [3.8, 4) is 0 Å². The van der Waals surface area contributed by atoms with E-state index in [1.54, 1.807) is 7.11 Å². The van der Waals surface area contributed by atoms with Crippen LogP contribution in [0.5, 0.6) is 0 Å². The maximum Gasteiger partial charge on any atom is 0.249 e. The summed E-state index contributed by atoms with van der Waals surface area (Å²) in [5.74, 6) is 0.662. The number of rotatable bonds is 7. The van der Waals surface area contributed by atoms with E-state index in [1.807, 2.05) is 0 Å². The quantitative estimate of drug-likeness (QED) is 0.770. The molecule has 138 valence electrons. The number of anilines is 1. The number of hydrogen-bond acceptors (Lipinski definition) is 4. The van der Waals surface area contributed by atoms with Crippen molar-refractivity contribution in [2.75, 3.05) is 44.9 Å². The molecular weight excluding hydrogens is 316 g/mol. The van der Waals surface area contributed by atoms with Gasteiger partial charge in [-0.2, -0.15) is 0 Å². The number of para-hydroxylation sites is 1. The van der Waals surface area contributed by atoms with E-state index in [0.29, 0.717) is 25.7 Å². The number of amides is 1. The van der Waals surface area contributed by atoms with Gasteiger partial charge in [0.25, 0.3) is 0 Å². The lowest BCUT2D eigenvalue weighted by atomic mass is 9.80. The highest BCUT2D eigenvalue weighted by Crippen LogP contribution is 2.47. The maximum atomic E-state index is 12.4. The van der Waals surface area contributed by atoms with E-state index in [2.05, 4.69) is 48.3 Å². The molecule has 3 rings (SSSR count). The molecule has 0 unspecified atom stereocenters. The predicted molar refractivity (Wildman–Crippen MR) is 99.0 cm³/mol. The smallest absolute Gasteiger partial charge is 0.249 e. The fourth-order valence-electron chi connectivity index (χ4n) is 3.94. The SMILES string of the molecule is COCCNC(=O)[C@@H]1C[C@]2(CO1)CN(CCC(C)C)c1ccccc12. The number of methoxy groups -OCH3 is 1. The zero-order chi connectivity index (χ0) is 17.9. The zero-order valence-electron chi connectivity index (χ0n) is 15.6. The Balaban J connectivity index is 1.71. The van der Waals surface area contributed by atoms with Crippen LogP contribution in [-0.2, 0) is 19.7 Å². The lowest BCUT2D eigenvalue weighted by Gasteiger charge is -2.25. The monoisotopic (exact) mass is 346 g/mol. The molecule has 1 aromatic rings. The average molecular weight is 346 g/mol. The van der Waals surface area contributed by atoms with E-state index in [1.165, 1.54) is 17.7 Å². The van der Waals surface area contributed by atoms with Gasteiger partial charge in [0.15, 0.2) is 0 Å². The van der Waals surface area contributed by atoms with Crippen molar-refractivity contribution in [3.05, 3.63) is 29.8 Å². The molecule has 1 aromatic carbocycles. The Labute approximate surface area is 150 Å². The molecule has 0 aromatic heterocycles. The van der Waals surface area contributed by atoms with Gasteiger partial charge in [-0.3, -0.25) is 4.79 Å². The number of carbonyl (C=O) groups is 1. The van der Waals surface area contributed by atoms with Crippen LogP contribution in [0.25, 0.3) is 0 Å². The van der Waals surface area contributed by atoms with Crippen LogP contribution in [0.1, 0.15) is 32.3 Å². The predicted octanol–water partition coefficient (Wildman–Crippen LogP) is 2.34. The van der Waals surface area contributed by atoms with Crippen LogP contribution >= 0.6 is 0 Å². The number of fused-ring (bicyclic) bond motifs is 2. The third-order valence-corrected chi connectivity index (χ3v) is 5.32. The summed E-state index contributed by atoms with van der Waals surface area (Å²) in [4.78, 5) is 14.8. The first kappa shape index (κ1) is 18.2. The molecular formula is C20H30N2O3. The molecule has 0 radical (unpaired) electrons. The van der Waals surface area contributed by atoms with Gasteiger partial charge in [0.05, 0.1) is 13.2 Å². The van der Waals surface area contributed by atoms with Crippen LogP contribution in [0.4, 0.5) is 5.69 Å². The number of benzene rings is 1. The van der Waals surface area contributed by atoms with Crippen molar-refractivity contribution < 1.29 is 14.3 Å². The number of carbonyl (C=O) groups excluding carboxylic acids is 1. The number of ether oxygens (including phenoxy) is 2. The molecule has 2 atom stereocenters. The minimum atomic E-state index is -0.366. The lowest BCUT2D eigenvalue weighted by molar-refractivity contribution is -0.130. The highest BCUT2D eigenvalue weighted by Gasteiger charge is 2.50. The van der Waals surface area contributed by atoms with Gasteiger partial charge in [-0.25, -0.2) is 0 Å². The molecule has 1 spiro atoms. The van der Waals surface area contributed by atoms with E-state index in [-0.39, 0.29) is 17.4 Å². The third-order valence-electron chi connectivity index (χ3n) is 5.32. The summed E-state index contributed by atoms with van der Waals surface area (Å²) in [5.41, 5.74) is 2.59. The van der Waals surface area contributed by atoms with Crippen molar-refractivity contribution in [2.45, 2.75) is 38.2 Å². The molecule has 1 saturated heterocycles. The molecule has 2 heterocycles. The Morgan fingerprint density at radius 2 is 2.24 bits per heavy atom. The van der Waals surface area contributed by atoms with Crippen LogP contribution in [0.3, 0.4) is 0 Å². The van der Waals surface area contributed by atoms with Gasteiger partial charge in [-0.1, -0.05) is 32.0 Å². The molecule has 0 saturated carbocycles. The number of hydrogen-bond donors (Lipinski definition) is 1. The van der Waals surface area contributed by atoms with Gasteiger partial charge in [0.2, 0.25) is 5.91 Å². The van der Waals surface area contributed by atoms with E-state index < -0.39 is 0 Å². The van der Waals surface area contributed by atoms with Crippen molar-refractivity contribution in [2.24, 2.45) is 5.92 Å². The minimum Gasteiger partial charge on any atom is -0.383 e. The molecule has 1 fully saturated rings. The summed E-state index contributed by atoms with van der Waals surface area (Å²) in [5, 5.41) is 2.90. The van der Waals surface area contributed by atoms with E-state index >= 15 is 0 Å². The Morgan fingerprint density at radius 3 is 3.00 bits per heavy atom. The fraction of sp³-hybridized carbons (Fsp3) is 0.650. The Bertz CT molecular complexity index is 604. The summed E-state index contributed by atoms with van der Waals surface area (Å²) in [6.07, 6.45) is 1.56. The van der Waals surface area contributed by atoms with Gasteiger partial charge >= 0.3 is 0 Å². The van der Waals surface area contributed by atoms with Crippen LogP contribution in [0.2, 0.25) is 0 Å². The summed E-state index contributed by atoms with van der Waals surface area (Å²) >= 11 is 0. The van der Waals surface area contributed by atoms with Crippen LogP contribution in [-0.4, -0.2) is 52.0 Å². The molecule has 5 nitrogen and oxygen atoms in total. The topological polar surface area (TPSA) is 50.8 Å². The zero-order valence-corrected chi connectivity index (χ0v) is 15.6. The average Bonchev–Trinajstić information content (AvgIpc) is 3.17. The highest BCUT2D eigenvalue weighted by molar-refractivity contribution is 5.81. The van der Waals surface area contributed by atoms with Crippen LogP contribution < -0.4 is 10.2 Å². The first-order valence-corrected chi connectivity index (χ1v) is 9.28. The largest absolute Gasteiger partial charge is 0.383 e. The third kappa shape index (κ3) is 3.82. The van der Waals surface area contributed by atoms with E-state index in [9.17, 15) is 4.79 Å². The van der Waals surface area contributed by atoms with E-state index in [4.69, 9.17) is 9.47 Å². The first-order chi connectivity index (χ1) is 12.1. The molecule has 2 aliphatic rings.